The zero-order chi connectivity index (χ0) is 14.5. The monoisotopic (exact) mass is 281 g/mol. The predicted molar refractivity (Wildman–Crippen MR) is 77.1 cm³/mol. The molecule has 1 heterocycles. The number of aliphatic carboxylic acids is 1. The number of amides is 1. The molecule has 0 radical (unpaired) electrons. The molecule has 19 heavy (non-hydrogen) atoms. The Balaban J connectivity index is 2.74. The Bertz CT molecular complexity index is 458. The van der Waals surface area contributed by atoms with E-state index in [2.05, 4.69) is 0 Å². The van der Waals surface area contributed by atoms with Gasteiger partial charge in [-0.3, -0.25) is 9.59 Å². The molecule has 0 unspecified atom stereocenters. The van der Waals surface area contributed by atoms with E-state index in [1.807, 2.05) is 38.3 Å². The van der Waals surface area contributed by atoms with Crippen molar-refractivity contribution in [2.75, 3.05) is 6.54 Å². The van der Waals surface area contributed by atoms with Crippen LogP contribution in [0.3, 0.4) is 0 Å². The quantitative estimate of drug-likeness (QED) is 0.844. The fourth-order valence-corrected chi connectivity index (χ4v) is 2.23. The van der Waals surface area contributed by atoms with Gasteiger partial charge in [0.2, 0.25) is 5.91 Å². The van der Waals surface area contributed by atoms with Crippen LogP contribution in [0.4, 0.5) is 0 Å². The summed E-state index contributed by atoms with van der Waals surface area (Å²) in [6, 6.07) is 3.84. The maximum absolute atomic E-state index is 12.1. The molecule has 0 aliphatic carbocycles. The molecular formula is C14H19NO3S. The van der Waals surface area contributed by atoms with Crippen molar-refractivity contribution in [3.05, 3.63) is 28.5 Å². The van der Waals surface area contributed by atoms with Crippen molar-refractivity contribution < 1.29 is 14.7 Å². The topological polar surface area (TPSA) is 57.6 Å². The Labute approximate surface area is 117 Å². The number of carboxylic acid groups (broad SMARTS) is 1. The molecule has 1 rings (SSSR count). The zero-order valence-corrected chi connectivity index (χ0v) is 12.2. The first-order valence-electron chi connectivity index (χ1n) is 6.05. The van der Waals surface area contributed by atoms with Gasteiger partial charge in [0.05, 0.1) is 6.42 Å². The highest BCUT2D eigenvalue weighted by atomic mass is 32.1. The zero-order valence-electron chi connectivity index (χ0n) is 11.4. The minimum atomic E-state index is -0.899. The molecule has 0 spiro atoms. The molecule has 5 heteroatoms. The van der Waals surface area contributed by atoms with Gasteiger partial charge >= 0.3 is 5.97 Å². The van der Waals surface area contributed by atoms with Gasteiger partial charge in [-0.2, -0.15) is 0 Å². The average Bonchev–Trinajstić information content (AvgIpc) is 2.76. The summed E-state index contributed by atoms with van der Waals surface area (Å²) in [5.41, 5.74) is -0.397. The van der Waals surface area contributed by atoms with E-state index in [0.717, 1.165) is 4.88 Å². The molecule has 0 saturated heterocycles. The molecule has 4 nitrogen and oxygen atoms in total. The fourth-order valence-electron chi connectivity index (χ4n) is 1.61. The molecule has 0 fully saturated rings. The molecule has 0 atom stereocenters. The molecule has 1 amide bonds. The van der Waals surface area contributed by atoms with E-state index in [1.165, 1.54) is 6.08 Å². The number of hydrogen-bond donors (Lipinski definition) is 1. The Morgan fingerprint density at radius 2 is 2.11 bits per heavy atom. The summed E-state index contributed by atoms with van der Waals surface area (Å²) >= 11 is 1.55. The molecule has 1 aromatic rings. The lowest BCUT2D eigenvalue weighted by Crippen LogP contribution is -2.45. The van der Waals surface area contributed by atoms with Gasteiger partial charge in [-0.1, -0.05) is 6.07 Å². The minimum Gasteiger partial charge on any atom is -0.481 e. The lowest BCUT2D eigenvalue weighted by Gasteiger charge is -2.34. The lowest BCUT2D eigenvalue weighted by atomic mass is 10.1. The molecule has 0 saturated carbocycles. The van der Waals surface area contributed by atoms with E-state index in [1.54, 1.807) is 22.3 Å². The molecular weight excluding hydrogens is 262 g/mol. The normalized spacial score (nSPS) is 11.7. The van der Waals surface area contributed by atoms with E-state index in [4.69, 9.17) is 5.11 Å². The molecule has 0 aliphatic rings. The third-order valence-electron chi connectivity index (χ3n) is 2.56. The highest BCUT2D eigenvalue weighted by Crippen LogP contribution is 2.16. The van der Waals surface area contributed by atoms with Crippen LogP contribution in [0, 0.1) is 0 Å². The van der Waals surface area contributed by atoms with E-state index in [-0.39, 0.29) is 18.9 Å². The van der Waals surface area contributed by atoms with Gasteiger partial charge in [0.1, 0.15) is 0 Å². The van der Waals surface area contributed by atoms with Crippen LogP contribution in [0.15, 0.2) is 23.6 Å². The van der Waals surface area contributed by atoms with Crippen molar-refractivity contribution in [3.8, 4) is 0 Å². The molecule has 1 N–H and O–H groups in total. The summed E-state index contributed by atoms with van der Waals surface area (Å²) in [7, 11) is 0. The largest absolute Gasteiger partial charge is 0.481 e. The van der Waals surface area contributed by atoms with Crippen LogP contribution in [0.25, 0.3) is 6.08 Å². The first-order valence-corrected chi connectivity index (χ1v) is 6.93. The first-order chi connectivity index (χ1) is 8.80. The number of hydrogen-bond acceptors (Lipinski definition) is 3. The first kappa shape index (κ1) is 15.4. The maximum Gasteiger partial charge on any atom is 0.305 e. The summed E-state index contributed by atoms with van der Waals surface area (Å²) < 4.78 is 0. The van der Waals surface area contributed by atoms with Crippen LogP contribution in [-0.4, -0.2) is 34.0 Å². The van der Waals surface area contributed by atoms with Crippen LogP contribution in [0.5, 0.6) is 0 Å². The van der Waals surface area contributed by atoms with Crippen molar-refractivity contribution >= 4 is 29.3 Å². The third-order valence-corrected chi connectivity index (χ3v) is 3.40. The van der Waals surface area contributed by atoms with E-state index in [0.29, 0.717) is 0 Å². The van der Waals surface area contributed by atoms with Gasteiger partial charge in [-0.05, 0) is 38.3 Å². The van der Waals surface area contributed by atoms with Crippen molar-refractivity contribution in [2.24, 2.45) is 0 Å². The van der Waals surface area contributed by atoms with Crippen LogP contribution < -0.4 is 0 Å². The van der Waals surface area contributed by atoms with Gasteiger partial charge in [0.25, 0.3) is 0 Å². The number of carbonyl (C=O) groups excluding carboxylic acids is 1. The second-order valence-electron chi connectivity index (χ2n) is 5.15. The Hall–Kier alpha value is -1.62. The van der Waals surface area contributed by atoms with Crippen LogP contribution in [-0.2, 0) is 9.59 Å². The van der Waals surface area contributed by atoms with Gasteiger partial charge in [0.15, 0.2) is 0 Å². The molecule has 1 aromatic heterocycles. The predicted octanol–water partition coefficient (Wildman–Crippen LogP) is 2.86. The molecule has 0 aliphatic heterocycles. The number of nitrogens with zero attached hydrogens (tertiary/aromatic N) is 1. The maximum atomic E-state index is 12.1. The standard InChI is InChI=1S/C14H19NO3S/c1-14(2,3)15(9-8-13(17)18)12(16)7-6-11-5-4-10-19-11/h4-7,10H,8-9H2,1-3H3,(H,17,18)/b7-6+. The molecule has 0 aromatic carbocycles. The summed E-state index contributed by atoms with van der Waals surface area (Å²) in [6.45, 7) is 5.90. The van der Waals surface area contributed by atoms with Gasteiger partial charge in [-0.25, -0.2) is 0 Å². The summed E-state index contributed by atoms with van der Waals surface area (Å²) in [5.74, 6) is -1.06. The van der Waals surface area contributed by atoms with Crippen LogP contribution in [0.1, 0.15) is 32.1 Å². The second kappa shape index (κ2) is 6.52. The SMILES string of the molecule is CC(C)(C)N(CCC(=O)O)C(=O)/C=C/c1cccs1. The Morgan fingerprint density at radius 1 is 1.42 bits per heavy atom. The summed E-state index contributed by atoms with van der Waals surface area (Å²) in [6.07, 6.45) is 3.21. The highest BCUT2D eigenvalue weighted by Gasteiger charge is 2.25. The van der Waals surface area contributed by atoms with Crippen LogP contribution in [0.2, 0.25) is 0 Å². The smallest absolute Gasteiger partial charge is 0.305 e. The van der Waals surface area contributed by atoms with Gasteiger partial charge < -0.3 is 10.0 Å². The lowest BCUT2D eigenvalue weighted by molar-refractivity contribution is -0.139. The van der Waals surface area contributed by atoms with Crippen molar-refractivity contribution in [1.29, 1.82) is 0 Å². The van der Waals surface area contributed by atoms with E-state index in [9.17, 15) is 9.59 Å². The summed E-state index contributed by atoms with van der Waals surface area (Å²) in [4.78, 5) is 25.4. The van der Waals surface area contributed by atoms with Crippen molar-refractivity contribution in [2.45, 2.75) is 32.7 Å². The van der Waals surface area contributed by atoms with E-state index >= 15 is 0 Å². The second-order valence-corrected chi connectivity index (χ2v) is 6.13. The van der Waals surface area contributed by atoms with E-state index < -0.39 is 11.5 Å². The number of thiophene rings is 1. The number of carbonyl (C=O) groups is 2. The number of rotatable bonds is 5. The highest BCUT2D eigenvalue weighted by molar-refractivity contribution is 7.10. The van der Waals surface area contributed by atoms with Gasteiger partial charge in [-0.15, -0.1) is 11.3 Å². The molecule has 0 bridgehead atoms. The Kier molecular flexibility index (Phi) is 5.30. The minimum absolute atomic E-state index is 0.0458. The molecule has 104 valence electrons. The Morgan fingerprint density at radius 3 is 2.58 bits per heavy atom. The third kappa shape index (κ3) is 5.26. The average molecular weight is 281 g/mol. The fraction of sp³-hybridized carbons (Fsp3) is 0.429. The van der Waals surface area contributed by atoms with Crippen LogP contribution >= 0.6 is 11.3 Å². The van der Waals surface area contributed by atoms with Crippen molar-refractivity contribution in [1.82, 2.24) is 4.90 Å². The summed E-state index contributed by atoms with van der Waals surface area (Å²) in [5, 5.41) is 10.7. The number of carboxylic acids is 1. The van der Waals surface area contributed by atoms with Gasteiger partial charge in [0, 0.05) is 23.0 Å². The van der Waals surface area contributed by atoms with Crippen molar-refractivity contribution in [3.63, 3.8) is 0 Å².